The maximum atomic E-state index is 5.87. The third-order valence-electron chi connectivity index (χ3n) is 3.65. The molecule has 3 N–H and O–H groups in total. The summed E-state index contributed by atoms with van der Waals surface area (Å²) >= 11 is 6.89. The Morgan fingerprint density at radius 1 is 1.33 bits per heavy atom. The Hall–Kier alpha value is -1.59. The number of nitrogens with one attached hydrogen (secondary N) is 1. The van der Waals surface area contributed by atoms with Gasteiger partial charge in [-0.05, 0) is 55.3 Å². The van der Waals surface area contributed by atoms with Crippen LogP contribution in [-0.4, -0.2) is 16.2 Å². The van der Waals surface area contributed by atoms with Crippen molar-refractivity contribution in [1.82, 2.24) is 4.98 Å². The van der Waals surface area contributed by atoms with E-state index in [4.69, 9.17) is 22.9 Å². The van der Waals surface area contributed by atoms with Gasteiger partial charge in [0.25, 0.3) is 0 Å². The summed E-state index contributed by atoms with van der Waals surface area (Å²) in [6, 6.07) is 10.3. The van der Waals surface area contributed by atoms with Gasteiger partial charge in [-0.1, -0.05) is 18.3 Å². The Morgan fingerprint density at radius 2 is 2.19 bits per heavy atom. The van der Waals surface area contributed by atoms with Gasteiger partial charge >= 0.3 is 0 Å². The summed E-state index contributed by atoms with van der Waals surface area (Å²) in [4.78, 5) is 6.34. The standard InChI is InChI=1S/C16H17N3S2/c1-21-12-6-3-5-11(9-12)18-16-13(15(17)20)8-10-4-2-7-14(10)19-16/h3,5-6,8-9H,2,4,7H2,1H3,(H2,17,20)(H,18,19). The summed E-state index contributed by atoms with van der Waals surface area (Å²) in [5.41, 5.74) is 10.1. The molecule has 1 aliphatic rings. The number of rotatable bonds is 4. The van der Waals surface area contributed by atoms with Crippen molar-refractivity contribution in [3.8, 4) is 0 Å². The molecule has 0 aliphatic heterocycles. The summed E-state index contributed by atoms with van der Waals surface area (Å²) in [5, 5.41) is 3.37. The smallest absolute Gasteiger partial charge is 0.140 e. The van der Waals surface area contributed by atoms with Crippen molar-refractivity contribution in [2.75, 3.05) is 11.6 Å². The van der Waals surface area contributed by atoms with Gasteiger partial charge < -0.3 is 11.1 Å². The Kier molecular flexibility index (Phi) is 4.12. The first-order chi connectivity index (χ1) is 10.2. The molecule has 1 heterocycles. The lowest BCUT2D eigenvalue weighted by atomic mass is 10.1. The van der Waals surface area contributed by atoms with Gasteiger partial charge in [0.1, 0.15) is 10.8 Å². The summed E-state index contributed by atoms with van der Waals surface area (Å²) in [6.45, 7) is 0. The molecule has 0 bridgehead atoms. The third kappa shape index (κ3) is 3.04. The third-order valence-corrected chi connectivity index (χ3v) is 4.59. The van der Waals surface area contributed by atoms with Crippen LogP contribution in [0, 0.1) is 0 Å². The van der Waals surface area contributed by atoms with Gasteiger partial charge in [0.2, 0.25) is 0 Å². The molecule has 0 fully saturated rings. The lowest BCUT2D eigenvalue weighted by Crippen LogP contribution is -2.14. The highest BCUT2D eigenvalue weighted by molar-refractivity contribution is 7.98. The molecule has 0 saturated heterocycles. The highest BCUT2D eigenvalue weighted by atomic mass is 32.2. The second-order valence-corrected chi connectivity index (χ2v) is 6.38. The molecule has 3 nitrogen and oxygen atoms in total. The minimum Gasteiger partial charge on any atom is -0.389 e. The fourth-order valence-electron chi connectivity index (χ4n) is 2.59. The van der Waals surface area contributed by atoms with E-state index < -0.39 is 0 Å². The van der Waals surface area contributed by atoms with Gasteiger partial charge in [-0.15, -0.1) is 11.8 Å². The van der Waals surface area contributed by atoms with Crippen LogP contribution in [0.4, 0.5) is 11.5 Å². The molecule has 108 valence electrons. The van der Waals surface area contributed by atoms with Crippen molar-refractivity contribution < 1.29 is 0 Å². The lowest BCUT2D eigenvalue weighted by molar-refractivity contribution is 0.900. The van der Waals surface area contributed by atoms with E-state index in [1.807, 2.05) is 12.1 Å². The van der Waals surface area contributed by atoms with Crippen LogP contribution < -0.4 is 11.1 Å². The fraction of sp³-hybridized carbons (Fsp3) is 0.250. The molecular formula is C16H17N3S2. The van der Waals surface area contributed by atoms with Crippen molar-refractivity contribution in [3.63, 3.8) is 0 Å². The first-order valence-corrected chi connectivity index (χ1v) is 8.54. The largest absolute Gasteiger partial charge is 0.389 e. The molecule has 0 radical (unpaired) electrons. The van der Waals surface area contributed by atoms with Crippen molar-refractivity contribution in [1.29, 1.82) is 0 Å². The Labute approximate surface area is 134 Å². The number of pyridine rings is 1. The molecular weight excluding hydrogens is 298 g/mol. The van der Waals surface area contributed by atoms with Crippen LogP contribution in [0.15, 0.2) is 35.2 Å². The average molecular weight is 315 g/mol. The topological polar surface area (TPSA) is 50.9 Å². The molecule has 3 rings (SSSR count). The summed E-state index contributed by atoms with van der Waals surface area (Å²) < 4.78 is 0. The van der Waals surface area contributed by atoms with Crippen LogP contribution in [-0.2, 0) is 12.8 Å². The van der Waals surface area contributed by atoms with Crippen molar-refractivity contribution in [3.05, 3.63) is 47.2 Å². The van der Waals surface area contributed by atoms with E-state index >= 15 is 0 Å². The summed E-state index contributed by atoms with van der Waals surface area (Å²) in [6.07, 6.45) is 5.32. The quantitative estimate of drug-likeness (QED) is 0.666. The number of anilines is 2. The zero-order valence-electron chi connectivity index (χ0n) is 11.8. The van der Waals surface area contributed by atoms with Crippen LogP contribution >= 0.6 is 24.0 Å². The number of fused-ring (bicyclic) bond motifs is 1. The molecule has 5 heteroatoms. The molecule has 2 aromatic rings. The normalized spacial score (nSPS) is 13.0. The van der Waals surface area contributed by atoms with Gasteiger partial charge in [-0.25, -0.2) is 4.98 Å². The molecule has 0 atom stereocenters. The number of hydrogen-bond donors (Lipinski definition) is 2. The van der Waals surface area contributed by atoms with Crippen molar-refractivity contribution in [2.24, 2.45) is 5.73 Å². The number of benzene rings is 1. The Balaban J connectivity index is 1.99. The average Bonchev–Trinajstić information content (AvgIpc) is 2.93. The van der Waals surface area contributed by atoms with Gasteiger partial charge in [-0.3, -0.25) is 0 Å². The van der Waals surface area contributed by atoms with Crippen LogP contribution in [0.3, 0.4) is 0 Å². The number of hydrogen-bond acceptors (Lipinski definition) is 4. The fourth-order valence-corrected chi connectivity index (χ4v) is 3.21. The van der Waals surface area contributed by atoms with Gasteiger partial charge in [0, 0.05) is 16.3 Å². The van der Waals surface area contributed by atoms with E-state index in [1.54, 1.807) is 11.8 Å². The number of aryl methyl sites for hydroxylation is 2. The number of nitrogens with zero attached hydrogens (tertiary/aromatic N) is 1. The van der Waals surface area contributed by atoms with Gasteiger partial charge in [0.15, 0.2) is 0 Å². The minimum atomic E-state index is 0.390. The molecule has 1 aromatic heterocycles. The molecule has 1 aliphatic carbocycles. The van der Waals surface area contributed by atoms with Crippen LogP contribution in [0.5, 0.6) is 0 Å². The van der Waals surface area contributed by atoms with Crippen molar-refractivity contribution >= 4 is 40.5 Å². The summed E-state index contributed by atoms with van der Waals surface area (Å²) in [7, 11) is 0. The van der Waals surface area contributed by atoms with Crippen LogP contribution in [0.25, 0.3) is 0 Å². The van der Waals surface area contributed by atoms with Gasteiger partial charge in [0.05, 0.1) is 5.56 Å². The monoisotopic (exact) mass is 315 g/mol. The zero-order chi connectivity index (χ0) is 14.8. The Bertz CT molecular complexity index is 698. The molecule has 0 spiro atoms. The summed E-state index contributed by atoms with van der Waals surface area (Å²) in [5.74, 6) is 0.765. The maximum Gasteiger partial charge on any atom is 0.140 e. The lowest BCUT2D eigenvalue weighted by Gasteiger charge is -2.13. The van der Waals surface area contributed by atoms with Crippen molar-refractivity contribution in [2.45, 2.75) is 24.2 Å². The second kappa shape index (κ2) is 6.03. The first kappa shape index (κ1) is 14.4. The van der Waals surface area contributed by atoms with Crippen LogP contribution in [0.2, 0.25) is 0 Å². The number of thiocarbonyl (C=S) groups is 1. The molecule has 0 saturated carbocycles. The maximum absolute atomic E-state index is 5.87. The SMILES string of the molecule is CSc1cccc(Nc2nc3c(cc2C(N)=S)CCC3)c1. The van der Waals surface area contributed by atoms with E-state index in [9.17, 15) is 0 Å². The van der Waals surface area contributed by atoms with Crippen LogP contribution in [0.1, 0.15) is 23.2 Å². The second-order valence-electron chi connectivity index (χ2n) is 5.07. The predicted octanol–water partition coefficient (Wildman–Crippen LogP) is 3.67. The molecule has 0 unspecified atom stereocenters. The van der Waals surface area contributed by atoms with E-state index in [0.29, 0.717) is 4.99 Å². The number of aromatic nitrogens is 1. The van der Waals surface area contributed by atoms with E-state index in [0.717, 1.165) is 36.3 Å². The molecule has 1 aromatic carbocycles. The molecule has 21 heavy (non-hydrogen) atoms. The van der Waals surface area contributed by atoms with E-state index in [-0.39, 0.29) is 0 Å². The Morgan fingerprint density at radius 3 is 2.95 bits per heavy atom. The van der Waals surface area contributed by atoms with E-state index in [1.165, 1.54) is 16.2 Å². The van der Waals surface area contributed by atoms with E-state index in [2.05, 4.69) is 29.8 Å². The highest BCUT2D eigenvalue weighted by Crippen LogP contribution is 2.28. The number of thioether (sulfide) groups is 1. The highest BCUT2D eigenvalue weighted by Gasteiger charge is 2.17. The number of nitrogens with two attached hydrogens (primary N) is 1. The van der Waals surface area contributed by atoms with Gasteiger partial charge in [-0.2, -0.15) is 0 Å². The zero-order valence-corrected chi connectivity index (χ0v) is 13.5. The first-order valence-electron chi connectivity index (χ1n) is 6.91. The predicted molar refractivity (Wildman–Crippen MR) is 93.7 cm³/mol. The molecule has 0 amide bonds. The minimum absolute atomic E-state index is 0.390.